The number of nitrogens with zero attached hydrogens (tertiary/aromatic N) is 3. The maximum Gasteiger partial charge on any atom is 0.123 e. The van der Waals surface area contributed by atoms with Crippen LogP contribution in [0.4, 0.5) is 0 Å². The number of rotatable bonds is 4. The number of thiazole rings is 2. The minimum absolute atomic E-state index is 0.100. The molecule has 0 amide bonds. The highest BCUT2D eigenvalue weighted by Gasteiger charge is 2.24. The largest absolute Gasteiger partial charge is 0.368 e. The molecule has 1 fully saturated rings. The highest BCUT2D eigenvalue weighted by molar-refractivity contribution is 7.15. The van der Waals surface area contributed by atoms with Crippen molar-refractivity contribution in [3.8, 4) is 10.6 Å². The van der Waals surface area contributed by atoms with Crippen molar-refractivity contribution in [3.63, 3.8) is 0 Å². The molecule has 0 radical (unpaired) electrons. The summed E-state index contributed by atoms with van der Waals surface area (Å²) >= 11 is 3.45. The highest BCUT2D eigenvalue weighted by atomic mass is 32.1. The first-order chi connectivity index (χ1) is 11.8. The van der Waals surface area contributed by atoms with Gasteiger partial charge in [-0.05, 0) is 6.92 Å². The van der Waals surface area contributed by atoms with Crippen molar-refractivity contribution < 1.29 is 4.74 Å². The molecule has 0 saturated carbocycles. The monoisotopic (exact) mass is 357 g/mol. The van der Waals surface area contributed by atoms with Crippen molar-refractivity contribution in [2.45, 2.75) is 19.6 Å². The molecule has 0 spiro atoms. The third-order valence-electron chi connectivity index (χ3n) is 4.11. The van der Waals surface area contributed by atoms with E-state index in [1.807, 2.05) is 17.8 Å². The number of aromatic nitrogens is 2. The van der Waals surface area contributed by atoms with Crippen molar-refractivity contribution in [3.05, 3.63) is 57.5 Å². The summed E-state index contributed by atoms with van der Waals surface area (Å²) < 4.78 is 5.87. The highest BCUT2D eigenvalue weighted by Crippen LogP contribution is 2.28. The third-order valence-corrected chi connectivity index (χ3v) is 6.01. The lowest BCUT2D eigenvalue weighted by atomic mass is 10.2. The summed E-state index contributed by atoms with van der Waals surface area (Å²) in [5.41, 5.74) is 2.47. The number of benzene rings is 1. The Morgan fingerprint density at radius 2 is 2.12 bits per heavy atom. The van der Waals surface area contributed by atoms with E-state index in [1.165, 1.54) is 16.0 Å². The normalized spacial score (nSPS) is 18.8. The Hall–Kier alpha value is -1.60. The number of hydrogen-bond donors (Lipinski definition) is 0. The Bertz CT molecular complexity index is 783. The van der Waals surface area contributed by atoms with Gasteiger partial charge >= 0.3 is 0 Å². The van der Waals surface area contributed by atoms with E-state index in [2.05, 4.69) is 46.1 Å². The molecule has 1 atom stereocenters. The van der Waals surface area contributed by atoms with Gasteiger partial charge in [0.25, 0.3) is 0 Å². The summed E-state index contributed by atoms with van der Waals surface area (Å²) in [6.45, 7) is 5.64. The van der Waals surface area contributed by atoms with Crippen molar-refractivity contribution >= 4 is 22.7 Å². The van der Waals surface area contributed by atoms with E-state index < -0.39 is 0 Å². The van der Waals surface area contributed by atoms with Crippen LogP contribution in [0, 0.1) is 6.92 Å². The van der Waals surface area contributed by atoms with Gasteiger partial charge in [-0.3, -0.25) is 4.90 Å². The smallest absolute Gasteiger partial charge is 0.123 e. The van der Waals surface area contributed by atoms with Gasteiger partial charge in [0, 0.05) is 47.8 Å². The average Bonchev–Trinajstić information content (AvgIpc) is 3.28. The maximum atomic E-state index is 5.87. The maximum absolute atomic E-state index is 5.87. The van der Waals surface area contributed by atoms with Gasteiger partial charge in [0.15, 0.2) is 0 Å². The zero-order chi connectivity index (χ0) is 16.4. The average molecular weight is 358 g/mol. The summed E-state index contributed by atoms with van der Waals surface area (Å²) in [6, 6.07) is 8.56. The van der Waals surface area contributed by atoms with E-state index in [9.17, 15) is 0 Å². The van der Waals surface area contributed by atoms with Gasteiger partial charge in [-0.1, -0.05) is 29.8 Å². The van der Waals surface area contributed by atoms with E-state index in [1.54, 1.807) is 22.7 Å². The van der Waals surface area contributed by atoms with Crippen LogP contribution in [-0.4, -0.2) is 34.6 Å². The first-order valence-electron chi connectivity index (χ1n) is 8.03. The van der Waals surface area contributed by atoms with Crippen LogP contribution in [0.3, 0.4) is 0 Å². The molecule has 0 bridgehead atoms. The molecular formula is C18H19N3OS2. The molecule has 3 aromatic rings. The van der Waals surface area contributed by atoms with Crippen LogP contribution >= 0.6 is 22.7 Å². The van der Waals surface area contributed by atoms with Crippen molar-refractivity contribution in [1.29, 1.82) is 0 Å². The summed E-state index contributed by atoms with van der Waals surface area (Å²) in [6.07, 6.45) is 3.95. The molecule has 1 saturated heterocycles. The van der Waals surface area contributed by atoms with Gasteiger partial charge in [-0.15, -0.1) is 22.7 Å². The predicted octanol–water partition coefficient (Wildman–Crippen LogP) is 4.15. The fourth-order valence-corrected chi connectivity index (χ4v) is 4.46. The van der Waals surface area contributed by atoms with Crippen molar-refractivity contribution in [2.75, 3.05) is 19.7 Å². The van der Waals surface area contributed by atoms with Crippen LogP contribution in [-0.2, 0) is 11.3 Å². The first-order valence-corrected chi connectivity index (χ1v) is 9.72. The summed E-state index contributed by atoms with van der Waals surface area (Å²) in [7, 11) is 0. The van der Waals surface area contributed by atoms with E-state index in [4.69, 9.17) is 4.74 Å². The second kappa shape index (κ2) is 7.11. The molecule has 24 heavy (non-hydrogen) atoms. The van der Waals surface area contributed by atoms with Crippen LogP contribution in [0.15, 0.2) is 42.0 Å². The molecule has 3 heterocycles. The van der Waals surface area contributed by atoms with Gasteiger partial charge in [-0.2, -0.15) is 0 Å². The van der Waals surface area contributed by atoms with Gasteiger partial charge in [0.2, 0.25) is 0 Å². The lowest BCUT2D eigenvalue weighted by Crippen LogP contribution is -2.37. The molecule has 6 heteroatoms. The Morgan fingerprint density at radius 3 is 2.92 bits per heavy atom. The summed E-state index contributed by atoms with van der Waals surface area (Å²) in [5, 5.41) is 4.17. The zero-order valence-corrected chi connectivity index (χ0v) is 15.1. The Morgan fingerprint density at radius 1 is 1.25 bits per heavy atom. The molecular weight excluding hydrogens is 338 g/mol. The molecule has 0 aliphatic carbocycles. The second-order valence-corrected chi connectivity index (χ2v) is 8.00. The molecule has 1 unspecified atom stereocenters. The van der Waals surface area contributed by atoms with Crippen LogP contribution in [0.1, 0.15) is 21.6 Å². The predicted molar refractivity (Wildman–Crippen MR) is 98.4 cm³/mol. The zero-order valence-electron chi connectivity index (χ0n) is 13.5. The molecule has 0 N–H and O–H groups in total. The first kappa shape index (κ1) is 15.9. The minimum Gasteiger partial charge on any atom is -0.368 e. The quantitative estimate of drug-likeness (QED) is 0.703. The lowest BCUT2D eigenvalue weighted by molar-refractivity contribution is -0.0327. The standard InChI is InChI=1S/C18H19N3OS2/c1-13-2-4-14(5-3-13)17-20-10-15(24-17)11-21-7-8-22-16(12-21)18-19-6-9-23-18/h2-6,9-10,16H,7-8,11-12H2,1H3. The number of ether oxygens (including phenoxy) is 1. The van der Waals surface area contributed by atoms with Crippen molar-refractivity contribution in [1.82, 2.24) is 14.9 Å². The topological polar surface area (TPSA) is 38.2 Å². The summed E-state index contributed by atoms with van der Waals surface area (Å²) in [4.78, 5) is 12.7. The fourth-order valence-electron chi connectivity index (χ4n) is 2.82. The molecule has 1 aliphatic rings. The Labute approximate surface area is 149 Å². The van der Waals surface area contributed by atoms with Crippen LogP contribution < -0.4 is 0 Å². The fraction of sp³-hybridized carbons (Fsp3) is 0.333. The van der Waals surface area contributed by atoms with Gasteiger partial charge in [-0.25, -0.2) is 9.97 Å². The van der Waals surface area contributed by atoms with Gasteiger partial charge in [0.1, 0.15) is 16.1 Å². The Kier molecular flexibility index (Phi) is 4.71. The van der Waals surface area contributed by atoms with Crippen molar-refractivity contribution in [2.24, 2.45) is 0 Å². The van der Waals surface area contributed by atoms with Crippen LogP contribution in [0.5, 0.6) is 0 Å². The Balaban J connectivity index is 1.43. The molecule has 1 aromatic carbocycles. The van der Waals surface area contributed by atoms with E-state index in [0.29, 0.717) is 0 Å². The number of aryl methyl sites for hydroxylation is 1. The molecule has 124 valence electrons. The number of hydrogen-bond acceptors (Lipinski definition) is 6. The van der Waals surface area contributed by atoms with E-state index >= 15 is 0 Å². The second-order valence-electron chi connectivity index (χ2n) is 5.96. The SMILES string of the molecule is Cc1ccc(-c2ncc(CN3CCOC(c4nccs4)C3)s2)cc1. The van der Waals surface area contributed by atoms with Crippen LogP contribution in [0.25, 0.3) is 10.6 Å². The lowest BCUT2D eigenvalue weighted by Gasteiger charge is -2.31. The number of morpholine rings is 1. The summed E-state index contributed by atoms with van der Waals surface area (Å²) in [5.74, 6) is 0. The van der Waals surface area contributed by atoms with E-state index in [-0.39, 0.29) is 6.10 Å². The molecule has 4 nitrogen and oxygen atoms in total. The van der Waals surface area contributed by atoms with E-state index in [0.717, 1.165) is 36.3 Å². The van der Waals surface area contributed by atoms with Gasteiger partial charge in [0.05, 0.1) is 6.61 Å². The third kappa shape index (κ3) is 3.57. The molecule has 2 aromatic heterocycles. The van der Waals surface area contributed by atoms with Gasteiger partial charge < -0.3 is 4.74 Å². The van der Waals surface area contributed by atoms with Crippen LogP contribution in [0.2, 0.25) is 0 Å². The molecule has 4 rings (SSSR count). The minimum atomic E-state index is 0.100. The molecule has 1 aliphatic heterocycles.